The van der Waals surface area contributed by atoms with E-state index >= 15 is 0 Å². The van der Waals surface area contributed by atoms with Crippen LogP contribution in [0.2, 0.25) is 0 Å². The van der Waals surface area contributed by atoms with Crippen LogP contribution in [0.4, 0.5) is 11.4 Å². The number of hydrogen-bond acceptors (Lipinski definition) is 4. The van der Waals surface area contributed by atoms with Crippen LogP contribution in [0.5, 0.6) is 0 Å². The second kappa shape index (κ2) is 8.01. The Bertz CT molecular complexity index is 1470. The summed E-state index contributed by atoms with van der Waals surface area (Å²) in [6.45, 7) is 9.58. The molecule has 1 saturated heterocycles. The van der Waals surface area contributed by atoms with Gasteiger partial charge in [-0.15, -0.1) is 0 Å². The second-order valence-electron chi connectivity index (χ2n) is 9.57. The summed E-state index contributed by atoms with van der Waals surface area (Å²) in [5, 5.41) is 0. The molecule has 0 aliphatic carbocycles. The molecular weight excluding hydrogens is 440 g/mol. The summed E-state index contributed by atoms with van der Waals surface area (Å²) in [4.78, 5) is 55.3. The fraction of sp³-hybridized carbons (Fsp3) is 0.241. The number of aryl methyl sites for hydroxylation is 5. The Labute approximate surface area is 204 Å². The fourth-order valence-electron chi connectivity index (χ4n) is 4.92. The monoisotopic (exact) mass is 466 g/mol. The number of amides is 4. The van der Waals surface area contributed by atoms with E-state index in [1.807, 2.05) is 52.0 Å². The Balaban J connectivity index is 1.52. The number of carbonyl (C=O) groups excluding carboxylic acids is 4. The van der Waals surface area contributed by atoms with Gasteiger partial charge in [0.25, 0.3) is 11.8 Å². The highest BCUT2D eigenvalue weighted by molar-refractivity contribution is 6.35. The van der Waals surface area contributed by atoms with Gasteiger partial charge >= 0.3 is 0 Å². The number of rotatable bonds is 3. The topological polar surface area (TPSA) is 74.8 Å². The molecule has 1 atom stereocenters. The molecule has 0 N–H and O–H groups in total. The lowest BCUT2D eigenvalue weighted by molar-refractivity contribution is -0.121. The van der Waals surface area contributed by atoms with Gasteiger partial charge in [0.2, 0.25) is 11.8 Å². The lowest BCUT2D eigenvalue weighted by Gasteiger charge is -2.17. The highest BCUT2D eigenvalue weighted by Crippen LogP contribution is 2.38. The number of anilines is 2. The van der Waals surface area contributed by atoms with Crippen LogP contribution in [-0.2, 0) is 9.59 Å². The van der Waals surface area contributed by atoms with Gasteiger partial charge in [0.1, 0.15) is 0 Å². The van der Waals surface area contributed by atoms with Gasteiger partial charge in [-0.2, -0.15) is 0 Å². The first-order chi connectivity index (χ1) is 16.6. The SMILES string of the molecule is Cc1ccc(N2C(=O)c3cc([C@H]4CC(=O)N(c5ccc(C)c(C)c5)C4=O)cc(C)c3C2=O)cc1C. The van der Waals surface area contributed by atoms with Crippen molar-refractivity contribution in [2.45, 2.75) is 47.0 Å². The maximum atomic E-state index is 13.4. The Morgan fingerprint density at radius 2 is 1.20 bits per heavy atom. The van der Waals surface area contributed by atoms with E-state index in [4.69, 9.17) is 0 Å². The zero-order valence-corrected chi connectivity index (χ0v) is 20.4. The van der Waals surface area contributed by atoms with Gasteiger partial charge in [0, 0.05) is 6.42 Å². The molecule has 0 unspecified atom stereocenters. The Morgan fingerprint density at radius 1 is 0.629 bits per heavy atom. The van der Waals surface area contributed by atoms with Gasteiger partial charge in [-0.3, -0.25) is 19.2 Å². The minimum atomic E-state index is -0.702. The molecule has 6 heteroatoms. The van der Waals surface area contributed by atoms with Crippen LogP contribution in [0.25, 0.3) is 0 Å². The zero-order valence-electron chi connectivity index (χ0n) is 20.4. The molecule has 0 spiro atoms. The van der Waals surface area contributed by atoms with Crippen molar-refractivity contribution in [3.63, 3.8) is 0 Å². The Morgan fingerprint density at radius 3 is 1.77 bits per heavy atom. The van der Waals surface area contributed by atoms with Crippen molar-refractivity contribution in [1.82, 2.24) is 0 Å². The average molecular weight is 467 g/mol. The molecule has 3 aromatic rings. The number of hydrogen-bond donors (Lipinski definition) is 0. The summed E-state index contributed by atoms with van der Waals surface area (Å²) in [5.41, 5.74) is 7.02. The zero-order chi connectivity index (χ0) is 25.2. The average Bonchev–Trinajstić information content (AvgIpc) is 3.24. The van der Waals surface area contributed by atoms with Crippen LogP contribution in [0.1, 0.15) is 66.4 Å². The number of benzene rings is 3. The summed E-state index contributed by atoms with van der Waals surface area (Å²) >= 11 is 0. The lowest BCUT2D eigenvalue weighted by Crippen LogP contribution is -2.30. The Kier molecular flexibility index (Phi) is 5.20. The van der Waals surface area contributed by atoms with Crippen molar-refractivity contribution in [3.05, 3.63) is 93.0 Å². The molecule has 0 saturated carbocycles. The van der Waals surface area contributed by atoms with E-state index in [2.05, 4.69) is 0 Å². The third-order valence-corrected chi connectivity index (χ3v) is 7.25. The summed E-state index contributed by atoms with van der Waals surface area (Å²) in [7, 11) is 0. The molecule has 2 aliphatic rings. The molecule has 6 nitrogen and oxygen atoms in total. The molecule has 4 amide bonds. The molecule has 0 aromatic heterocycles. The largest absolute Gasteiger partial charge is 0.274 e. The molecule has 176 valence electrons. The van der Waals surface area contributed by atoms with Crippen molar-refractivity contribution >= 4 is 35.0 Å². The lowest BCUT2D eigenvalue weighted by atomic mass is 9.91. The summed E-state index contributed by atoms with van der Waals surface area (Å²) in [6, 6.07) is 14.4. The summed E-state index contributed by atoms with van der Waals surface area (Å²) in [6.07, 6.45) is 0.0208. The maximum Gasteiger partial charge on any atom is 0.266 e. The third-order valence-electron chi connectivity index (χ3n) is 7.25. The summed E-state index contributed by atoms with van der Waals surface area (Å²) in [5.74, 6) is -2.09. The van der Waals surface area contributed by atoms with Gasteiger partial charge in [-0.25, -0.2) is 9.80 Å². The molecule has 1 fully saturated rings. The molecule has 2 heterocycles. The van der Waals surface area contributed by atoms with Gasteiger partial charge in [0.15, 0.2) is 0 Å². The molecule has 3 aromatic carbocycles. The molecule has 35 heavy (non-hydrogen) atoms. The fourth-order valence-corrected chi connectivity index (χ4v) is 4.92. The highest BCUT2D eigenvalue weighted by Gasteiger charge is 2.43. The number of carbonyl (C=O) groups is 4. The first-order valence-electron chi connectivity index (χ1n) is 11.6. The molecule has 0 bridgehead atoms. The predicted molar refractivity (Wildman–Crippen MR) is 134 cm³/mol. The molecule has 5 rings (SSSR count). The minimum Gasteiger partial charge on any atom is -0.274 e. The molecule has 0 radical (unpaired) electrons. The van der Waals surface area contributed by atoms with E-state index in [0.29, 0.717) is 28.1 Å². The number of imide groups is 2. The van der Waals surface area contributed by atoms with Crippen molar-refractivity contribution in [2.24, 2.45) is 0 Å². The van der Waals surface area contributed by atoms with Gasteiger partial charge in [-0.05, 0) is 98.3 Å². The van der Waals surface area contributed by atoms with Crippen LogP contribution in [0, 0.1) is 34.6 Å². The highest BCUT2D eigenvalue weighted by atomic mass is 16.2. The summed E-state index contributed by atoms with van der Waals surface area (Å²) < 4.78 is 0. The van der Waals surface area contributed by atoms with E-state index in [0.717, 1.165) is 22.3 Å². The van der Waals surface area contributed by atoms with Crippen LogP contribution in [0.3, 0.4) is 0 Å². The van der Waals surface area contributed by atoms with E-state index in [-0.39, 0.29) is 29.7 Å². The van der Waals surface area contributed by atoms with E-state index in [9.17, 15) is 19.2 Å². The van der Waals surface area contributed by atoms with Crippen molar-refractivity contribution in [1.29, 1.82) is 0 Å². The normalized spacial score (nSPS) is 17.6. The predicted octanol–water partition coefficient (Wildman–Crippen LogP) is 5.08. The number of fused-ring (bicyclic) bond motifs is 1. The van der Waals surface area contributed by atoms with Crippen LogP contribution in [0.15, 0.2) is 48.5 Å². The maximum absolute atomic E-state index is 13.4. The first kappa shape index (κ1) is 22.7. The van der Waals surface area contributed by atoms with Gasteiger partial charge in [-0.1, -0.05) is 18.2 Å². The second-order valence-corrected chi connectivity index (χ2v) is 9.57. The van der Waals surface area contributed by atoms with E-state index in [1.165, 1.54) is 9.80 Å². The van der Waals surface area contributed by atoms with Crippen LogP contribution >= 0.6 is 0 Å². The van der Waals surface area contributed by atoms with Crippen molar-refractivity contribution < 1.29 is 19.2 Å². The Hall–Kier alpha value is -4.06. The molecule has 2 aliphatic heterocycles. The first-order valence-corrected chi connectivity index (χ1v) is 11.6. The molecular formula is C29H26N2O4. The van der Waals surface area contributed by atoms with Crippen LogP contribution in [-0.4, -0.2) is 23.6 Å². The smallest absolute Gasteiger partial charge is 0.266 e. The van der Waals surface area contributed by atoms with E-state index in [1.54, 1.807) is 31.2 Å². The standard InChI is InChI=1S/C29H26N2O4/c1-15-6-8-21(11-17(15)3)30-25(32)14-23(27(30)33)20-10-19(5)26-24(13-20)28(34)31(29(26)35)22-9-7-16(2)18(4)12-22/h6-13,23H,14H2,1-5H3/t23-/m1/s1. The van der Waals surface area contributed by atoms with Gasteiger partial charge in [0.05, 0.1) is 28.4 Å². The van der Waals surface area contributed by atoms with Crippen molar-refractivity contribution in [2.75, 3.05) is 9.80 Å². The van der Waals surface area contributed by atoms with E-state index < -0.39 is 11.8 Å². The third kappa shape index (κ3) is 3.48. The number of nitrogens with zero attached hydrogens (tertiary/aromatic N) is 2. The minimum absolute atomic E-state index is 0.0208. The van der Waals surface area contributed by atoms with Crippen molar-refractivity contribution in [3.8, 4) is 0 Å². The van der Waals surface area contributed by atoms with Gasteiger partial charge < -0.3 is 0 Å². The van der Waals surface area contributed by atoms with Crippen LogP contribution < -0.4 is 9.80 Å². The quantitative estimate of drug-likeness (QED) is 0.505.